The van der Waals surface area contributed by atoms with Crippen LogP contribution in [0.25, 0.3) is 0 Å². The minimum Gasteiger partial charge on any atom is -0.494 e. The van der Waals surface area contributed by atoms with Crippen LogP contribution in [-0.4, -0.2) is 24.7 Å². The quantitative estimate of drug-likeness (QED) is 0.0762. The fraction of sp³-hybridized carbons (Fsp3) is 0.156. The van der Waals surface area contributed by atoms with Crippen molar-refractivity contribution in [2.24, 2.45) is 5.10 Å². The number of hydrazone groups is 1. The Morgan fingerprint density at radius 3 is 2.03 bits per heavy atom. The van der Waals surface area contributed by atoms with Gasteiger partial charge in [0.15, 0.2) is 0 Å². The van der Waals surface area contributed by atoms with Crippen molar-refractivity contribution in [3.8, 4) is 17.2 Å². The third-order valence-electron chi connectivity index (χ3n) is 5.69. The zero-order chi connectivity index (χ0) is 27.3. The molecule has 1 N–H and O–H groups in total. The number of benzene rings is 4. The number of hydrogen-bond donors (Lipinski definition) is 1. The number of esters is 1. The van der Waals surface area contributed by atoms with Gasteiger partial charge in [-0.15, -0.1) is 0 Å². The zero-order valence-electron chi connectivity index (χ0n) is 21.7. The van der Waals surface area contributed by atoms with Crippen LogP contribution in [0.5, 0.6) is 17.2 Å². The van der Waals surface area contributed by atoms with Crippen molar-refractivity contribution in [1.29, 1.82) is 0 Å². The highest BCUT2D eigenvalue weighted by atomic mass is 16.5. The number of ether oxygens (including phenoxy) is 3. The van der Waals surface area contributed by atoms with E-state index in [0.29, 0.717) is 35.8 Å². The number of nitrogens with zero attached hydrogens (tertiary/aromatic N) is 1. The van der Waals surface area contributed by atoms with Crippen LogP contribution in [-0.2, 0) is 6.61 Å². The summed E-state index contributed by atoms with van der Waals surface area (Å²) in [5.41, 5.74) is 5.20. The maximum atomic E-state index is 12.4. The summed E-state index contributed by atoms with van der Waals surface area (Å²) in [7, 11) is 0. The summed E-state index contributed by atoms with van der Waals surface area (Å²) in [4.78, 5) is 24.8. The van der Waals surface area contributed by atoms with E-state index in [9.17, 15) is 9.59 Å². The van der Waals surface area contributed by atoms with Gasteiger partial charge in [-0.25, -0.2) is 10.2 Å². The minimum atomic E-state index is -0.458. The van der Waals surface area contributed by atoms with Crippen LogP contribution < -0.4 is 19.6 Å². The van der Waals surface area contributed by atoms with Gasteiger partial charge in [-0.2, -0.15) is 5.10 Å². The first-order chi connectivity index (χ1) is 19.1. The third-order valence-corrected chi connectivity index (χ3v) is 5.69. The van der Waals surface area contributed by atoms with Gasteiger partial charge in [0.1, 0.15) is 23.9 Å². The van der Waals surface area contributed by atoms with Gasteiger partial charge in [0.25, 0.3) is 5.91 Å². The summed E-state index contributed by atoms with van der Waals surface area (Å²) < 4.78 is 16.8. The molecule has 0 atom stereocenters. The van der Waals surface area contributed by atoms with Crippen LogP contribution in [0, 0.1) is 0 Å². The maximum absolute atomic E-state index is 12.4. The van der Waals surface area contributed by atoms with Gasteiger partial charge in [0.05, 0.1) is 18.4 Å². The molecule has 1 amide bonds. The second-order valence-corrected chi connectivity index (χ2v) is 8.68. The van der Waals surface area contributed by atoms with E-state index in [-0.39, 0.29) is 5.91 Å². The highest BCUT2D eigenvalue weighted by Crippen LogP contribution is 2.17. The highest BCUT2D eigenvalue weighted by Gasteiger charge is 2.09. The minimum absolute atomic E-state index is 0.340. The van der Waals surface area contributed by atoms with E-state index >= 15 is 0 Å². The molecule has 0 aliphatic heterocycles. The standard InChI is InChI=1S/C32H30N2O5/c1-2-3-21-37-28-19-13-27(14-20-28)32(36)39-30-15-9-24(10-16-30)22-33-34-31(35)26-11-17-29(18-12-26)38-23-25-7-5-4-6-8-25/h4-20,22H,2-3,21,23H2,1H3,(H,34,35). The molecule has 198 valence electrons. The molecule has 0 saturated carbocycles. The SMILES string of the molecule is CCCCOc1ccc(C(=O)Oc2ccc(C=NNC(=O)c3ccc(OCc4ccccc4)cc3)cc2)cc1. The molecule has 4 aromatic carbocycles. The fourth-order valence-corrected chi connectivity index (χ4v) is 3.48. The number of hydrogen-bond acceptors (Lipinski definition) is 6. The molecular formula is C32H30N2O5. The molecule has 0 unspecified atom stereocenters. The van der Waals surface area contributed by atoms with Crippen molar-refractivity contribution >= 4 is 18.1 Å². The van der Waals surface area contributed by atoms with E-state index in [0.717, 1.165) is 29.7 Å². The van der Waals surface area contributed by atoms with Crippen molar-refractivity contribution in [2.45, 2.75) is 26.4 Å². The molecule has 0 aromatic heterocycles. The molecule has 0 radical (unpaired) electrons. The van der Waals surface area contributed by atoms with Crippen LogP contribution >= 0.6 is 0 Å². The van der Waals surface area contributed by atoms with E-state index in [2.05, 4.69) is 17.5 Å². The van der Waals surface area contributed by atoms with Gasteiger partial charge in [0, 0.05) is 5.56 Å². The Bertz CT molecular complexity index is 1370. The summed E-state index contributed by atoms with van der Waals surface area (Å²) >= 11 is 0. The lowest BCUT2D eigenvalue weighted by molar-refractivity contribution is 0.0734. The molecule has 0 aliphatic carbocycles. The monoisotopic (exact) mass is 522 g/mol. The lowest BCUT2D eigenvalue weighted by atomic mass is 10.2. The second kappa shape index (κ2) is 14.1. The molecule has 0 bridgehead atoms. The molecule has 0 fully saturated rings. The first-order valence-corrected chi connectivity index (χ1v) is 12.8. The van der Waals surface area contributed by atoms with Crippen molar-refractivity contribution in [3.05, 3.63) is 125 Å². The summed E-state index contributed by atoms with van der Waals surface area (Å²) in [6, 6.07) is 30.4. The molecule has 4 rings (SSSR count). The third kappa shape index (κ3) is 8.57. The molecule has 7 heteroatoms. The van der Waals surface area contributed by atoms with Gasteiger partial charge in [0.2, 0.25) is 0 Å². The van der Waals surface area contributed by atoms with Crippen molar-refractivity contribution in [1.82, 2.24) is 5.43 Å². The Morgan fingerprint density at radius 2 is 1.36 bits per heavy atom. The Morgan fingerprint density at radius 1 is 0.744 bits per heavy atom. The van der Waals surface area contributed by atoms with E-state index in [1.54, 1.807) is 72.8 Å². The lowest BCUT2D eigenvalue weighted by Gasteiger charge is -2.07. The van der Waals surface area contributed by atoms with Crippen LogP contribution in [0.1, 0.15) is 51.6 Å². The number of carbonyl (C=O) groups excluding carboxylic acids is 2. The fourth-order valence-electron chi connectivity index (χ4n) is 3.48. The normalized spacial score (nSPS) is 10.7. The first kappa shape index (κ1) is 27.1. The smallest absolute Gasteiger partial charge is 0.343 e. The Hall–Kier alpha value is -4.91. The summed E-state index contributed by atoms with van der Waals surface area (Å²) in [5.74, 6) is 1.00. The number of nitrogens with one attached hydrogen (secondary N) is 1. The molecule has 0 heterocycles. The van der Waals surface area contributed by atoms with Gasteiger partial charge in [-0.05, 0) is 90.3 Å². The highest BCUT2D eigenvalue weighted by molar-refractivity contribution is 5.95. The maximum Gasteiger partial charge on any atom is 0.343 e. The van der Waals surface area contributed by atoms with Crippen molar-refractivity contribution in [2.75, 3.05) is 6.61 Å². The average molecular weight is 523 g/mol. The molecule has 39 heavy (non-hydrogen) atoms. The van der Waals surface area contributed by atoms with Crippen LogP contribution in [0.4, 0.5) is 0 Å². The number of unbranched alkanes of at least 4 members (excludes halogenated alkanes) is 1. The van der Waals surface area contributed by atoms with Crippen molar-refractivity contribution < 1.29 is 23.8 Å². The Labute approximate surface area is 228 Å². The predicted molar refractivity (Wildman–Crippen MR) is 151 cm³/mol. The van der Waals surface area contributed by atoms with E-state index in [4.69, 9.17) is 14.2 Å². The van der Waals surface area contributed by atoms with E-state index in [1.807, 2.05) is 30.3 Å². The van der Waals surface area contributed by atoms with Gasteiger partial charge < -0.3 is 14.2 Å². The molecule has 0 aliphatic rings. The first-order valence-electron chi connectivity index (χ1n) is 12.8. The zero-order valence-corrected chi connectivity index (χ0v) is 21.7. The lowest BCUT2D eigenvalue weighted by Crippen LogP contribution is -2.17. The molecule has 7 nitrogen and oxygen atoms in total. The predicted octanol–water partition coefficient (Wildman–Crippen LogP) is 6.43. The molecule has 0 saturated heterocycles. The summed E-state index contributed by atoms with van der Waals surface area (Å²) in [6.45, 7) is 3.21. The summed E-state index contributed by atoms with van der Waals surface area (Å²) in [5, 5.41) is 4.01. The van der Waals surface area contributed by atoms with E-state index in [1.165, 1.54) is 6.21 Å². The van der Waals surface area contributed by atoms with Gasteiger partial charge in [-0.3, -0.25) is 4.79 Å². The molecular weight excluding hydrogens is 492 g/mol. The molecule has 4 aromatic rings. The van der Waals surface area contributed by atoms with E-state index < -0.39 is 5.97 Å². The Kier molecular flexibility index (Phi) is 9.84. The number of amides is 1. The largest absolute Gasteiger partial charge is 0.494 e. The summed E-state index contributed by atoms with van der Waals surface area (Å²) in [6.07, 6.45) is 3.55. The van der Waals surface area contributed by atoms with Crippen LogP contribution in [0.3, 0.4) is 0 Å². The van der Waals surface area contributed by atoms with Crippen molar-refractivity contribution in [3.63, 3.8) is 0 Å². The molecule has 0 spiro atoms. The van der Waals surface area contributed by atoms with Crippen LogP contribution in [0.15, 0.2) is 108 Å². The van der Waals surface area contributed by atoms with Gasteiger partial charge in [-0.1, -0.05) is 43.7 Å². The van der Waals surface area contributed by atoms with Crippen LogP contribution in [0.2, 0.25) is 0 Å². The topological polar surface area (TPSA) is 86.2 Å². The van der Waals surface area contributed by atoms with Gasteiger partial charge >= 0.3 is 5.97 Å². The number of carbonyl (C=O) groups is 2. The number of rotatable bonds is 12. The average Bonchev–Trinajstić information content (AvgIpc) is 2.98. The second-order valence-electron chi connectivity index (χ2n) is 8.68. The Balaban J connectivity index is 1.22.